The van der Waals surface area contributed by atoms with Crippen molar-refractivity contribution in [2.24, 2.45) is 5.92 Å². The van der Waals surface area contributed by atoms with Gasteiger partial charge in [-0.3, -0.25) is 9.36 Å². The first-order valence-corrected chi connectivity index (χ1v) is 8.60. The Balaban J connectivity index is 2.00. The number of thioether (sulfide) groups is 1. The minimum atomic E-state index is -0.0507. The molecule has 2 N–H and O–H groups in total. The van der Waals surface area contributed by atoms with E-state index in [-0.39, 0.29) is 18.4 Å². The molecule has 1 aromatic heterocycles. The molecule has 0 radical (unpaired) electrons. The van der Waals surface area contributed by atoms with Crippen molar-refractivity contribution in [3.05, 3.63) is 41.7 Å². The Hall–Kier alpha value is -1.79. The van der Waals surface area contributed by atoms with E-state index >= 15 is 0 Å². The summed E-state index contributed by atoms with van der Waals surface area (Å²) in [5.41, 5.74) is 3.44. The van der Waals surface area contributed by atoms with Crippen molar-refractivity contribution in [2.75, 3.05) is 18.9 Å². The molecule has 0 saturated heterocycles. The molecule has 1 aromatic carbocycles. The van der Waals surface area contributed by atoms with Gasteiger partial charge in [-0.2, -0.15) is 0 Å². The molecule has 5 nitrogen and oxygen atoms in total. The average molecular weight is 333 g/mol. The molecule has 0 fully saturated rings. The van der Waals surface area contributed by atoms with Crippen LogP contribution < -0.4 is 5.32 Å². The summed E-state index contributed by atoms with van der Waals surface area (Å²) in [5, 5.41) is 12.6. The molecule has 1 heterocycles. The number of hydrogen-bond acceptors (Lipinski definition) is 4. The van der Waals surface area contributed by atoms with Crippen molar-refractivity contribution in [2.45, 2.75) is 25.9 Å². The maximum Gasteiger partial charge on any atom is 0.230 e. The number of carbonyl (C=O) groups is 1. The Labute approximate surface area is 141 Å². The smallest absolute Gasteiger partial charge is 0.230 e. The molecule has 0 aliphatic carbocycles. The van der Waals surface area contributed by atoms with E-state index in [1.807, 2.05) is 17.7 Å². The van der Waals surface area contributed by atoms with Crippen molar-refractivity contribution in [1.29, 1.82) is 0 Å². The van der Waals surface area contributed by atoms with E-state index in [9.17, 15) is 4.79 Å². The molecule has 0 spiro atoms. The van der Waals surface area contributed by atoms with Crippen LogP contribution in [0, 0.1) is 19.8 Å². The fourth-order valence-corrected chi connectivity index (χ4v) is 3.02. The van der Waals surface area contributed by atoms with Crippen LogP contribution in [-0.2, 0) is 4.79 Å². The summed E-state index contributed by atoms with van der Waals surface area (Å²) in [6, 6.07) is 6.33. The summed E-state index contributed by atoms with van der Waals surface area (Å²) < 4.78 is 1.99. The van der Waals surface area contributed by atoms with Crippen LogP contribution in [0.15, 0.2) is 35.7 Å². The summed E-state index contributed by atoms with van der Waals surface area (Å²) in [5.74, 6) is 0.325. The third kappa shape index (κ3) is 5.11. The third-order valence-corrected chi connectivity index (χ3v) is 4.35. The molecule has 2 aromatic rings. The zero-order valence-electron chi connectivity index (χ0n) is 13.7. The second-order valence-electron chi connectivity index (χ2n) is 5.81. The lowest BCUT2D eigenvalue weighted by atomic mass is 10.1. The number of nitrogens with zero attached hydrogens (tertiary/aromatic N) is 2. The lowest BCUT2D eigenvalue weighted by Crippen LogP contribution is -2.30. The zero-order valence-corrected chi connectivity index (χ0v) is 14.6. The number of aryl methyl sites for hydroxylation is 2. The summed E-state index contributed by atoms with van der Waals surface area (Å²) in [6.07, 6.45) is 3.65. The molecule has 0 aliphatic heterocycles. The van der Waals surface area contributed by atoms with Crippen LogP contribution in [0.5, 0.6) is 0 Å². The fourth-order valence-electron chi connectivity index (χ4n) is 2.22. The molecule has 6 heteroatoms. The number of amides is 1. The molecule has 1 unspecified atom stereocenters. The van der Waals surface area contributed by atoms with E-state index in [0.717, 1.165) is 10.8 Å². The predicted molar refractivity (Wildman–Crippen MR) is 93.0 cm³/mol. The van der Waals surface area contributed by atoms with Gasteiger partial charge in [-0.25, -0.2) is 4.98 Å². The first-order chi connectivity index (χ1) is 11.0. The Bertz CT molecular complexity index is 649. The highest BCUT2D eigenvalue weighted by atomic mass is 32.2. The van der Waals surface area contributed by atoms with Gasteiger partial charge in [0.05, 0.1) is 5.75 Å². The van der Waals surface area contributed by atoms with E-state index in [0.29, 0.717) is 12.3 Å². The number of hydrogen-bond donors (Lipinski definition) is 2. The van der Waals surface area contributed by atoms with Crippen LogP contribution in [-0.4, -0.2) is 39.5 Å². The summed E-state index contributed by atoms with van der Waals surface area (Å²) >= 11 is 1.40. The first kappa shape index (κ1) is 17.6. The Morgan fingerprint density at radius 2 is 2.04 bits per heavy atom. The summed E-state index contributed by atoms with van der Waals surface area (Å²) in [4.78, 5) is 16.2. The predicted octanol–water partition coefficient (Wildman–Crippen LogP) is 2.33. The largest absolute Gasteiger partial charge is 0.396 e. The molecular formula is C17H23N3O2S. The second-order valence-corrected chi connectivity index (χ2v) is 6.75. The Morgan fingerprint density at radius 1 is 1.35 bits per heavy atom. The monoisotopic (exact) mass is 333 g/mol. The number of carbonyl (C=O) groups excluding carboxylic acids is 1. The third-order valence-electron chi connectivity index (χ3n) is 3.38. The summed E-state index contributed by atoms with van der Waals surface area (Å²) in [6.45, 7) is 6.58. The lowest BCUT2D eigenvalue weighted by molar-refractivity contribution is -0.118. The van der Waals surface area contributed by atoms with Crippen molar-refractivity contribution in [3.8, 4) is 5.69 Å². The molecule has 2 rings (SSSR count). The normalized spacial score (nSPS) is 12.2. The van der Waals surface area contributed by atoms with Crippen LogP contribution in [0.25, 0.3) is 5.69 Å². The van der Waals surface area contributed by atoms with E-state index in [4.69, 9.17) is 5.11 Å². The van der Waals surface area contributed by atoms with Gasteiger partial charge >= 0.3 is 0 Å². The first-order valence-electron chi connectivity index (χ1n) is 7.62. The Morgan fingerprint density at radius 3 is 2.70 bits per heavy atom. The quantitative estimate of drug-likeness (QED) is 0.763. The van der Waals surface area contributed by atoms with Crippen molar-refractivity contribution in [3.63, 3.8) is 0 Å². The molecular weight excluding hydrogens is 310 g/mol. The standard InChI is InChI=1S/C17H23N3O2S/c1-12-6-13(2)8-15(7-12)20-5-4-18-17(20)23-11-16(22)19-9-14(3)10-21/h4-8,14,21H,9-11H2,1-3H3,(H,19,22). The van der Waals surface area contributed by atoms with Crippen LogP contribution >= 0.6 is 11.8 Å². The topological polar surface area (TPSA) is 67.2 Å². The van der Waals surface area contributed by atoms with Gasteiger partial charge in [0.2, 0.25) is 5.91 Å². The van der Waals surface area contributed by atoms with Gasteiger partial charge in [0.15, 0.2) is 5.16 Å². The summed E-state index contributed by atoms with van der Waals surface area (Å²) in [7, 11) is 0. The fraction of sp³-hybridized carbons (Fsp3) is 0.412. The van der Waals surface area contributed by atoms with Gasteiger partial charge in [0, 0.05) is 31.2 Å². The maximum atomic E-state index is 11.9. The van der Waals surface area contributed by atoms with E-state index in [2.05, 4.69) is 42.3 Å². The van der Waals surface area contributed by atoms with Gasteiger partial charge in [-0.15, -0.1) is 0 Å². The second kappa shape index (κ2) is 8.17. The number of aliphatic hydroxyl groups is 1. The van der Waals surface area contributed by atoms with Gasteiger partial charge in [-0.05, 0) is 43.0 Å². The van der Waals surface area contributed by atoms with Gasteiger partial charge in [0.25, 0.3) is 0 Å². The van der Waals surface area contributed by atoms with E-state index < -0.39 is 0 Å². The average Bonchev–Trinajstić information content (AvgIpc) is 2.98. The van der Waals surface area contributed by atoms with E-state index in [1.54, 1.807) is 6.20 Å². The number of aromatic nitrogens is 2. The van der Waals surface area contributed by atoms with Gasteiger partial charge in [-0.1, -0.05) is 24.8 Å². The molecule has 0 saturated carbocycles. The number of aliphatic hydroxyl groups excluding tert-OH is 1. The molecule has 1 amide bonds. The zero-order chi connectivity index (χ0) is 16.8. The molecule has 0 aliphatic rings. The number of nitrogens with one attached hydrogen (secondary N) is 1. The SMILES string of the molecule is Cc1cc(C)cc(-n2ccnc2SCC(=O)NCC(C)CO)c1. The number of imidazole rings is 1. The van der Waals surface area contributed by atoms with Gasteiger partial charge < -0.3 is 10.4 Å². The Kier molecular flexibility index (Phi) is 6.24. The molecule has 1 atom stereocenters. The molecule has 0 bridgehead atoms. The molecule has 23 heavy (non-hydrogen) atoms. The van der Waals surface area contributed by atoms with Crippen LogP contribution in [0.2, 0.25) is 0 Å². The number of rotatable bonds is 7. The van der Waals surface area contributed by atoms with Crippen molar-refractivity contribution < 1.29 is 9.90 Å². The van der Waals surface area contributed by atoms with Gasteiger partial charge in [0.1, 0.15) is 0 Å². The van der Waals surface area contributed by atoms with Crippen molar-refractivity contribution >= 4 is 17.7 Å². The minimum Gasteiger partial charge on any atom is -0.396 e. The highest BCUT2D eigenvalue weighted by Crippen LogP contribution is 2.22. The highest BCUT2D eigenvalue weighted by Gasteiger charge is 2.10. The van der Waals surface area contributed by atoms with Crippen LogP contribution in [0.1, 0.15) is 18.1 Å². The lowest BCUT2D eigenvalue weighted by Gasteiger charge is -2.11. The van der Waals surface area contributed by atoms with Crippen LogP contribution in [0.3, 0.4) is 0 Å². The maximum absolute atomic E-state index is 11.9. The van der Waals surface area contributed by atoms with E-state index in [1.165, 1.54) is 22.9 Å². The minimum absolute atomic E-state index is 0.0507. The van der Waals surface area contributed by atoms with Crippen molar-refractivity contribution in [1.82, 2.24) is 14.9 Å². The highest BCUT2D eigenvalue weighted by molar-refractivity contribution is 7.99. The molecule has 124 valence electrons. The number of benzene rings is 1. The van der Waals surface area contributed by atoms with Crippen LogP contribution in [0.4, 0.5) is 0 Å².